The second-order valence-electron chi connectivity index (χ2n) is 12.0. The Kier molecular flexibility index (Phi) is 24.8. The fourth-order valence-corrected chi connectivity index (χ4v) is 5.80. The van der Waals surface area contributed by atoms with Gasteiger partial charge in [0.15, 0.2) is 0 Å². The summed E-state index contributed by atoms with van der Waals surface area (Å²) in [5.41, 5.74) is 0. The van der Waals surface area contributed by atoms with Crippen LogP contribution in [0.25, 0.3) is 0 Å². The van der Waals surface area contributed by atoms with Crippen LogP contribution in [0, 0.1) is 0 Å². The summed E-state index contributed by atoms with van der Waals surface area (Å²) >= 11 is 0. The first-order valence-corrected chi connectivity index (χ1v) is 17.4. The topological polar surface area (TPSA) is 8.81 Å². The van der Waals surface area contributed by atoms with E-state index in [1.165, 1.54) is 186 Å². The Morgan fingerprint density at radius 3 is 1.30 bits per heavy atom. The molecule has 0 aliphatic heterocycles. The lowest BCUT2D eigenvalue weighted by atomic mass is 10.1. The molecule has 0 bridgehead atoms. The molecule has 1 heterocycles. The van der Waals surface area contributed by atoms with Gasteiger partial charge in [-0.2, -0.15) is 0 Å². The monoisotopic (exact) mass is 518 g/mol. The largest absolute Gasteiger partial charge is 0.256 e. The first-order valence-electron chi connectivity index (χ1n) is 17.4. The molecule has 0 spiro atoms. The molecule has 1 rings (SSSR count). The quantitative estimate of drug-likeness (QED) is 0.0737. The van der Waals surface area contributed by atoms with Crippen LogP contribution in [0.2, 0.25) is 0 Å². The van der Waals surface area contributed by atoms with Gasteiger partial charge in [0.1, 0.15) is 12.4 Å². The van der Waals surface area contributed by atoms with Gasteiger partial charge in [-0.1, -0.05) is 156 Å². The summed E-state index contributed by atoms with van der Waals surface area (Å²) in [5.74, 6) is 1.62. The highest BCUT2D eigenvalue weighted by Crippen LogP contribution is 2.14. The van der Waals surface area contributed by atoms with Gasteiger partial charge in [0.2, 0.25) is 0 Å². The summed E-state index contributed by atoms with van der Waals surface area (Å²) in [6.45, 7) is 9.39. The van der Waals surface area contributed by atoms with E-state index in [4.69, 9.17) is 0 Å². The van der Waals surface area contributed by atoms with Crippen LogP contribution in [-0.4, -0.2) is 4.57 Å². The van der Waals surface area contributed by atoms with E-state index in [9.17, 15) is 0 Å². The van der Waals surface area contributed by atoms with Crippen LogP contribution in [0.1, 0.15) is 194 Å². The summed E-state index contributed by atoms with van der Waals surface area (Å²) in [5, 5.41) is 0. The molecule has 0 fully saturated rings. The van der Waals surface area contributed by atoms with E-state index >= 15 is 0 Å². The third-order valence-corrected chi connectivity index (χ3v) is 8.35. The molecular weight excluding hydrogens is 448 g/mol. The van der Waals surface area contributed by atoms with Gasteiger partial charge in [-0.15, -0.1) is 0 Å². The Balaban J connectivity index is 2.35. The fourth-order valence-electron chi connectivity index (χ4n) is 5.80. The van der Waals surface area contributed by atoms with Crippen LogP contribution in [-0.2, 0) is 19.5 Å². The average molecular weight is 518 g/mol. The molecule has 0 saturated heterocycles. The minimum atomic E-state index is 1.23. The molecule has 1 aromatic heterocycles. The predicted molar refractivity (Wildman–Crippen MR) is 165 cm³/mol. The number of hydrogen-bond acceptors (Lipinski definition) is 0. The lowest BCUT2D eigenvalue weighted by molar-refractivity contribution is -0.704. The Hall–Kier alpha value is -0.790. The number of nitrogens with zero attached hydrogens (tertiary/aromatic N) is 2. The Labute approximate surface area is 234 Å². The number of aromatic nitrogens is 2. The van der Waals surface area contributed by atoms with Gasteiger partial charge in [-0.25, -0.2) is 9.13 Å². The van der Waals surface area contributed by atoms with Crippen molar-refractivity contribution in [2.24, 2.45) is 0 Å². The van der Waals surface area contributed by atoms with Gasteiger partial charge >= 0.3 is 0 Å². The SMILES string of the molecule is CCCCCCCCCCCc1n(CCCCCCCCCC)cc[n+]1CCCCCCCCCCC. The highest BCUT2D eigenvalue weighted by Gasteiger charge is 2.16. The van der Waals surface area contributed by atoms with E-state index in [0.717, 1.165) is 0 Å². The van der Waals surface area contributed by atoms with Gasteiger partial charge in [0.25, 0.3) is 5.82 Å². The second-order valence-corrected chi connectivity index (χ2v) is 12.0. The molecule has 1 aromatic rings. The molecule has 0 unspecified atom stereocenters. The lowest BCUT2D eigenvalue weighted by Gasteiger charge is -2.07. The van der Waals surface area contributed by atoms with Gasteiger partial charge in [-0.05, 0) is 32.1 Å². The predicted octanol–water partition coefficient (Wildman–Crippen LogP) is 11.5. The molecular formula is C35H69N2+. The number of unbranched alkanes of at least 4 members (excludes halogenated alkanes) is 23. The smallest absolute Gasteiger partial charge is 0.234 e. The van der Waals surface area contributed by atoms with E-state index in [0.29, 0.717) is 0 Å². The van der Waals surface area contributed by atoms with E-state index in [1.807, 2.05) is 0 Å². The van der Waals surface area contributed by atoms with Gasteiger partial charge in [0, 0.05) is 6.42 Å². The van der Waals surface area contributed by atoms with Crippen molar-refractivity contribution >= 4 is 0 Å². The second kappa shape index (κ2) is 26.8. The van der Waals surface area contributed by atoms with Crippen molar-refractivity contribution in [2.45, 2.75) is 207 Å². The summed E-state index contributed by atoms with van der Waals surface area (Å²) in [6, 6.07) is 0. The Morgan fingerprint density at radius 2 is 0.838 bits per heavy atom. The average Bonchev–Trinajstić information content (AvgIpc) is 3.29. The van der Waals surface area contributed by atoms with Gasteiger partial charge < -0.3 is 0 Å². The van der Waals surface area contributed by atoms with Crippen LogP contribution in [0.4, 0.5) is 0 Å². The number of rotatable bonds is 29. The standard InChI is InChI=1S/C35H69N2/c1-4-7-10-13-16-19-21-24-27-30-35-36(31-28-25-22-18-15-12-9-6-3)33-34-37(35)32-29-26-23-20-17-14-11-8-5-2/h33-34H,4-32H2,1-3H3/q+1. The molecule has 2 nitrogen and oxygen atoms in total. The first kappa shape index (κ1) is 34.2. The molecule has 0 radical (unpaired) electrons. The summed E-state index contributed by atoms with van der Waals surface area (Å²) in [7, 11) is 0. The zero-order chi connectivity index (χ0) is 26.7. The van der Waals surface area contributed by atoms with E-state index in [2.05, 4.69) is 42.3 Å². The Bertz CT molecular complexity index is 576. The van der Waals surface area contributed by atoms with E-state index in [1.54, 1.807) is 5.82 Å². The van der Waals surface area contributed by atoms with Crippen LogP contribution >= 0.6 is 0 Å². The maximum Gasteiger partial charge on any atom is 0.256 e. The summed E-state index contributed by atoms with van der Waals surface area (Å²) < 4.78 is 5.24. The third kappa shape index (κ3) is 19.9. The molecule has 2 heteroatoms. The van der Waals surface area contributed by atoms with E-state index in [-0.39, 0.29) is 0 Å². The van der Waals surface area contributed by atoms with Crippen LogP contribution < -0.4 is 4.57 Å². The number of imidazole rings is 1. The number of aryl methyl sites for hydroxylation is 2. The minimum absolute atomic E-state index is 1.23. The molecule has 0 saturated carbocycles. The Morgan fingerprint density at radius 1 is 0.459 bits per heavy atom. The van der Waals surface area contributed by atoms with Crippen molar-refractivity contribution < 1.29 is 4.57 Å². The minimum Gasteiger partial charge on any atom is -0.234 e. The number of hydrogen-bond donors (Lipinski definition) is 0. The van der Waals surface area contributed by atoms with Crippen molar-refractivity contribution in [3.63, 3.8) is 0 Å². The maximum atomic E-state index is 2.62. The van der Waals surface area contributed by atoms with E-state index < -0.39 is 0 Å². The zero-order valence-corrected chi connectivity index (χ0v) is 26.1. The fraction of sp³-hybridized carbons (Fsp3) is 0.914. The molecule has 0 aliphatic rings. The van der Waals surface area contributed by atoms with Crippen LogP contribution in [0.15, 0.2) is 12.4 Å². The zero-order valence-electron chi connectivity index (χ0n) is 26.1. The van der Waals surface area contributed by atoms with Crippen molar-refractivity contribution in [2.75, 3.05) is 0 Å². The third-order valence-electron chi connectivity index (χ3n) is 8.35. The van der Waals surface area contributed by atoms with Crippen molar-refractivity contribution in [3.05, 3.63) is 18.2 Å². The highest BCUT2D eigenvalue weighted by atomic mass is 15.1. The molecule has 218 valence electrons. The van der Waals surface area contributed by atoms with Crippen LogP contribution in [0.5, 0.6) is 0 Å². The van der Waals surface area contributed by atoms with Gasteiger partial charge in [-0.3, -0.25) is 0 Å². The van der Waals surface area contributed by atoms with Crippen molar-refractivity contribution in [3.8, 4) is 0 Å². The van der Waals surface area contributed by atoms with Crippen molar-refractivity contribution in [1.29, 1.82) is 0 Å². The molecule has 0 amide bonds. The summed E-state index contributed by atoms with van der Waals surface area (Å²) in [4.78, 5) is 0. The van der Waals surface area contributed by atoms with Crippen LogP contribution in [0.3, 0.4) is 0 Å². The molecule has 0 aliphatic carbocycles. The van der Waals surface area contributed by atoms with Gasteiger partial charge in [0.05, 0.1) is 13.1 Å². The maximum absolute atomic E-state index is 2.62. The summed E-state index contributed by atoms with van der Waals surface area (Å²) in [6.07, 6.45) is 42.9. The highest BCUT2D eigenvalue weighted by molar-refractivity contribution is 4.84. The van der Waals surface area contributed by atoms with Crippen molar-refractivity contribution in [1.82, 2.24) is 4.57 Å². The molecule has 0 aromatic carbocycles. The lowest BCUT2D eigenvalue weighted by Crippen LogP contribution is -2.37. The molecule has 0 N–H and O–H groups in total. The molecule has 37 heavy (non-hydrogen) atoms. The normalized spacial score (nSPS) is 11.5. The molecule has 0 atom stereocenters. The first-order chi connectivity index (χ1) is 18.3.